The Bertz CT molecular complexity index is 1250. The lowest BCUT2D eigenvalue weighted by Crippen LogP contribution is -2.58. The molecular formula is C30H62N18O6. The van der Waals surface area contributed by atoms with E-state index in [-0.39, 0.29) is 101 Å². The summed E-state index contributed by atoms with van der Waals surface area (Å²) < 4.78 is 0. The van der Waals surface area contributed by atoms with Crippen LogP contribution >= 0.6 is 0 Å². The minimum Gasteiger partial charge on any atom is -0.480 e. The van der Waals surface area contributed by atoms with Gasteiger partial charge in [0.25, 0.3) is 0 Å². The number of carboxylic acids is 1. The van der Waals surface area contributed by atoms with Gasteiger partial charge in [-0.25, -0.2) is 4.79 Å². The normalized spacial score (nSPS) is 13.4. The van der Waals surface area contributed by atoms with Gasteiger partial charge in [0.1, 0.15) is 24.2 Å². The molecule has 0 aliphatic rings. The third-order valence-electron chi connectivity index (χ3n) is 7.76. The molecule has 0 aromatic carbocycles. The zero-order chi connectivity index (χ0) is 41.1. The van der Waals surface area contributed by atoms with Crippen LogP contribution in [0, 0.1) is 21.6 Å². The molecule has 0 bridgehead atoms. The summed E-state index contributed by atoms with van der Waals surface area (Å²) in [6.45, 7) is 1.12. The van der Waals surface area contributed by atoms with E-state index in [1.54, 1.807) is 0 Å². The summed E-state index contributed by atoms with van der Waals surface area (Å²) in [4.78, 5) is 65.9. The summed E-state index contributed by atoms with van der Waals surface area (Å²) in [5, 5.41) is 59.8. The second kappa shape index (κ2) is 27.9. The number of nitrogens with one attached hydrogen (secondary N) is 12. The summed E-state index contributed by atoms with van der Waals surface area (Å²) in [6, 6.07) is -6.02. The second-order valence-corrected chi connectivity index (χ2v) is 12.4. The zero-order valence-electron chi connectivity index (χ0n) is 30.7. The third kappa shape index (κ3) is 23.8. The van der Waals surface area contributed by atoms with Gasteiger partial charge in [0, 0.05) is 26.2 Å². The second-order valence-electron chi connectivity index (χ2n) is 12.4. The Labute approximate surface area is 314 Å². The average molecular weight is 771 g/mol. The SMILES string of the molecule is N=C(N)NCCC[C@H](NC(=O)[C@H](CCCNC(=N)N)NC(=O)[C@H](CCCNC(=N)N)NC(=O)[C@H](CCCNC(=N)N)NC(=O)[C@@H](N)CCCCN)C(=O)O. The fourth-order valence-corrected chi connectivity index (χ4v) is 4.92. The minimum absolute atomic E-state index is 0.00978. The monoisotopic (exact) mass is 771 g/mol. The van der Waals surface area contributed by atoms with Crippen LogP contribution in [-0.2, 0) is 24.0 Å². The van der Waals surface area contributed by atoms with E-state index in [0.29, 0.717) is 25.8 Å². The third-order valence-corrected chi connectivity index (χ3v) is 7.76. The van der Waals surface area contributed by atoms with Gasteiger partial charge in [0.2, 0.25) is 23.6 Å². The van der Waals surface area contributed by atoms with Crippen LogP contribution in [0.3, 0.4) is 0 Å². The largest absolute Gasteiger partial charge is 0.480 e. The molecule has 0 aliphatic carbocycles. The Kier molecular flexibility index (Phi) is 25.0. The Morgan fingerprint density at radius 3 is 1.06 bits per heavy atom. The predicted molar refractivity (Wildman–Crippen MR) is 203 cm³/mol. The lowest BCUT2D eigenvalue weighted by atomic mass is 10.0. The van der Waals surface area contributed by atoms with E-state index in [0.717, 1.165) is 0 Å². The van der Waals surface area contributed by atoms with Crippen LogP contribution in [0.5, 0.6) is 0 Å². The van der Waals surface area contributed by atoms with Gasteiger partial charge in [0.05, 0.1) is 6.04 Å². The van der Waals surface area contributed by atoms with Crippen LogP contribution in [0.1, 0.15) is 70.6 Å². The molecule has 54 heavy (non-hydrogen) atoms. The molecule has 308 valence electrons. The molecule has 0 aromatic rings. The van der Waals surface area contributed by atoms with Crippen molar-refractivity contribution in [2.24, 2.45) is 34.4 Å². The highest BCUT2D eigenvalue weighted by Crippen LogP contribution is 2.07. The lowest BCUT2D eigenvalue weighted by molar-refractivity contribution is -0.142. The van der Waals surface area contributed by atoms with Gasteiger partial charge in [-0.2, -0.15) is 0 Å². The zero-order valence-corrected chi connectivity index (χ0v) is 30.7. The molecule has 24 nitrogen and oxygen atoms in total. The van der Waals surface area contributed by atoms with Gasteiger partial charge in [-0.3, -0.25) is 40.8 Å². The maximum atomic E-state index is 13.8. The summed E-state index contributed by atoms with van der Waals surface area (Å²) in [6.07, 6.45) is 2.53. The van der Waals surface area contributed by atoms with Crippen LogP contribution in [0.15, 0.2) is 0 Å². The predicted octanol–water partition coefficient (Wildman–Crippen LogP) is -5.48. The maximum Gasteiger partial charge on any atom is 0.326 e. The number of guanidine groups is 4. The van der Waals surface area contributed by atoms with E-state index in [2.05, 4.69) is 42.5 Å². The van der Waals surface area contributed by atoms with Crippen LogP contribution in [0.2, 0.25) is 0 Å². The molecule has 0 heterocycles. The Hall–Kier alpha value is -5.65. The molecule has 0 fully saturated rings. The molecule has 0 saturated carbocycles. The number of carbonyl (C=O) groups is 5. The molecule has 0 aliphatic heterocycles. The summed E-state index contributed by atoms with van der Waals surface area (Å²) >= 11 is 0. The van der Waals surface area contributed by atoms with Crippen molar-refractivity contribution in [1.29, 1.82) is 21.6 Å². The Morgan fingerprint density at radius 2 is 0.759 bits per heavy atom. The number of rotatable bonds is 29. The number of carboxylic acid groups (broad SMARTS) is 1. The molecule has 4 amide bonds. The summed E-state index contributed by atoms with van der Waals surface area (Å²) in [5.41, 5.74) is 32.9. The van der Waals surface area contributed by atoms with E-state index < -0.39 is 59.8 Å². The summed E-state index contributed by atoms with van der Waals surface area (Å²) in [5.74, 6) is -5.51. The first-order valence-electron chi connectivity index (χ1n) is 17.7. The van der Waals surface area contributed by atoms with Crippen LogP contribution in [-0.4, -0.2) is 121 Å². The Morgan fingerprint density at radius 1 is 0.463 bits per heavy atom. The van der Waals surface area contributed by atoms with Crippen molar-refractivity contribution in [2.75, 3.05) is 32.7 Å². The van der Waals surface area contributed by atoms with Crippen molar-refractivity contribution in [3.63, 3.8) is 0 Å². The molecule has 25 N–H and O–H groups in total. The Balaban J connectivity index is 6.22. The van der Waals surface area contributed by atoms with Crippen molar-refractivity contribution in [3.8, 4) is 0 Å². The molecule has 24 heteroatoms. The highest BCUT2D eigenvalue weighted by molar-refractivity contribution is 5.95. The molecule has 0 spiro atoms. The van der Waals surface area contributed by atoms with Gasteiger partial charge >= 0.3 is 5.97 Å². The lowest BCUT2D eigenvalue weighted by Gasteiger charge is -2.27. The van der Waals surface area contributed by atoms with Crippen LogP contribution < -0.4 is 76.9 Å². The van der Waals surface area contributed by atoms with E-state index in [1.165, 1.54) is 0 Å². The van der Waals surface area contributed by atoms with E-state index >= 15 is 0 Å². The van der Waals surface area contributed by atoms with E-state index in [1.807, 2.05) is 0 Å². The van der Waals surface area contributed by atoms with Gasteiger partial charge in [-0.05, 0) is 70.8 Å². The first-order chi connectivity index (χ1) is 25.5. The average Bonchev–Trinajstić information content (AvgIpc) is 3.09. The van der Waals surface area contributed by atoms with Gasteiger partial charge < -0.3 is 82.0 Å². The number of hydrogen-bond donors (Lipinski definition) is 19. The number of nitrogens with two attached hydrogens (primary N) is 6. The molecule has 0 radical (unpaired) electrons. The van der Waals surface area contributed by atoms with Gasteiger partial charge in [-0.1, -0.05) is 6.42 Å². The highest BCUT2D eigenvalue weighted by atomic mass is 16.4. The number of aliphatic carboxylic acids is 1. The number of hydrogen-bond acceptors (Lipinski definition) is 11. The summed E-state index contributed by atoms with van der Waals surface area (Å²) in [7, 11) is 0. The van der Waals surface area contributed by atoms with Gasteiger partial charge in [-0.15, -0.1) is 0 Å². The fourth-order valence-electron chi connectivity index (χ4n) is 4.92. The van der Waals surface area contributed by atoms with Crippen LogP contribution in [0.25, 0.3) is 0 Å². The maximum absolute atomic E-state index is 13.8. The standard InChI is InChI=1S/C30H62N18O6/c31-12-2-1-7-17(32)22(49)45-18(8-3-13-41-27(33)34)23(50)46-19(9-4-14-42-28(35)36)24(51)47-20(10-5-15-43-29(37)38)25(52)48-21(26(53)54)11-6-16-44-30(39)40/h17-21H,1-16,31-32H2,(H,45,49)(H,46,50)(H,47,51)(H,48,52)(H,53,54)(H4,33,34,41)(H4,35,36,42)(H4,37,38,43)(H4,39,40,44)/t17-,18-,19-,20-,21-/m0/s1. The minimum atomic E-state index is -1.35. The molecule has 0 rings (SSSR count). The molecule has 0 unspecified atom stereocenters. The van der Waals surface area contributed by atoms with E-state index in [4.69, 9.17) is 56.0 Å². The number of unbranched alkanes of at least 4 members (excludes halogenated alkanes) is 1. The van der Waals surface area contributed by atoms with E-state index in [9.17, 15) is 29.1 Å². The molecule has 5 atom stereocenters. The van der Waals surface area contributed by atoms with Crippen molar-refractivity contribution < 1.29 is 29.1 Å². The van der Waals surface area contributed by atoms with Crippen molar-refractivity contribution in [1.82, 2.24) is 42.5 Å². The molecule has 0 aromatic heterocycles. The molecular weight excluding hydrogens is 708 g/mol. The topological polar surface area (TPSA) is 453 Å². The number of amides is 4. The molecule has 0 saturated heterocycles. The van der Waals surface area contributed by atoms with Crippen molar-refractivity contribution in [3.05, 3.63) is 0 Å². The smallest absolute Gasteiger partial charge is 0.326 e. The first kappa shape index (κ1) is 48.3. The fraction of sp³-hybridized carbons (Fsp3) is 0.700. The van der Waals surface area contributed by atoms with Crippen LogP contribution in [0.4, 0.5) is 0 Å². The van der Waals surface area contributed by atoms with Crippen molar-refractivity contribution in [2.45, 2.75) is 101 Å². The highest BCUT2D eigenvalue weighted by Gasteiger charge is 2.31. The first-order valence-corrected chi connectivity index (χ1v) is 17.7. The van der Waals surface area contributed by atoms with Crippen molar-refractivity contribution >= 4 is 53.4 Å². The number of carbonyl (C=O) groups excluding carboxylic acids is 4. The van der Waals surface area contributed by atoms with Gasteiger partial charge in [0.15, 0.2) is 23.8 Å². The quantitative estimate of drug-likeness (QED) is 0.0192.